The number of carbonyl (C=O) groups is 1. The lowest BCUT2D eigenvalue weighted by Gasteiger charge is -2.16. The van der Waals surface area contributed by atoms with Gasteiger partial charge in [0.15, 0.2) is 17.3 Å². The summed E-state index contributed by atoms with van der Waals surface area (Å²) in [5.74, 6) is -1.01. The molecule has 3 aromatic carbocycles. The summed E-state index contributed by atoms with van der Waals surface area (Å²) < 4.78 is 53.5. The molecule has 1 aliphatic rings. The second kappa shape index (κ2) is 11.3. The van der Waals surface area contributed by atoms with Gasteiger partial charge in [-0.05, 0) is 86.3 Å². The van der Waals surface area contributed by atoms with E-state index in [0.717, 1.165) is 30.8 Å². The van der Waals surface area contributed by atoms with Crippen molar-refractivity contribution in [2.75, 3.05) is 26.3 Å². The van der Waals surface area contributed by atoms with Crippen LogP contribution in [0.1, 0.15) is 39.2 Å². The third kappa shape index (κ3) is 5.60. The van der Waals surface area contributed by atoms with Crippen molar-refractivity contribution in [2.45, 2.75) is 32.8 Å². The molecule has 1 N–H and O–H groups in total. The largest absolute Gasteiger partial charge is 0.505 e. The number of halogens is 3. The van der Waals surface area contributed by atoms with Gasteiger partial charge in [0.25, 0.3) is 0 Å². The monoisotopic (exact) mass is 555 g/mol. The van der Waals surface area contributed by atoms with Gasteiger partial charge in [-0.25, -0.2) is 8.78 Å². The van der Waals surface area contributed by atoms with E-state index in [4.69, 9.17) is 9.47 Å². The number of thiophene rings is 1. The molecule has 0 radical (unpaired) electrons. The standard InChI is InChI=1S/C30H28F3NO4S/c1-17-14-19(32)15-18(2)25(17)27(36)30-28(23-8-9-24(35)26(33)29(23)39-30)38-21-6-4-20(5-7-21)37-22-10-13-34(16-22)12-3-11-31/h4-9,14-15,22,35H,3,10-13,16H2,1-2H3/t22-/m1/s1. The van der Waals surface area contributed by atoms with Crippen LogP contribution >= 0.6 is 11.3 Å². The number of phenols is 1. The van der Waals surface area contributed by atoms with Crippen molar-refractivity contribution in [1.29, 1.82) is 0 Å². The van der Waals surface area contributed by atoms with Crippen LogP contribution in [0.5, 0.6) is 23.0 Å². The quantitative estimate of drug-likeness (QED) is 0.219. The number of nitrogens with zero attached hydrogens (tertiary/aromatic N) is 1. The number of benzene rings is 3. The Morgan fingerprint density at radius 1 is 1.08 bits per heavy atom. The molecule has 5 nitrogen and oxygen atoms in total. The molecule has 5 rings (SSSR count). The van der Waals surface area contributed by atoms with Crippen molar-refractivity contribution in [3.63, 3.8) is 0 Å². The summed E-state index contributed by atoms with van der Waals surface area (Å²) in [6.45, 7) is 5.29. The molecule has 2 heterocycles. The molecule has 204 valence electrons. The number of rotatable bonds is 9. The van der Waals surface area contributed by atoms with Gasteiger partial charge in [-0.1, -0.05) is 0 Å². The molecule has 1 atom stereocenters. The van der Waals surface area contributed by atoms with E-state index >= 15 is 0 Å². The van der Waals surface area contributed by atoms with Crippen LogP contribution in [0.25, 0.3) is 10.1 Å². The molecule has 0 aliphatic carbocycles. The molecule has 39 heavy (non-hydrogen) atoms. The maximum Gasteiger partial charge on any atom is 0.207 e. The Morgan fingerprint density at radius 3 is 2.46 bits per heavy atom. The van der Waals surface area contributed by atoms with Crippen molar-refractivity contribution in [3.8, 4) is 23.0 Å². The number of hydrogen-bond acceptors (Lipinski definition) is 6. The maximum absolute atomic E-state index is 14.9. The minimum atomic E-state index is -0.838. The summed E-state index contributed by atoms with van der Waals surface area (Å²) in [4.78, 5) is 16.0. The normalized spacial score (nSPS) is 15.7. The molecule has 4 aromatic rings. The third-order valence-corrected chi connectivity index (χ3v) is 8.02. The van der Waals surface area contributed by atoms with Crippen LogP contribution in [0, 0.1) is 25.5 Å². The number of alkyl halides is 1. The zero-order chi connectivity index (χ0) is 27.7. The molecule has 9 heteroatoms. The van der Waals surface area contributed by atoms with E-state index in [-0.39, 0.29) is 28.1 Å². The number of ether oxygens (including phenoxy) is 2. The van der Waals surface area contributed by atoms with E-state index in [0.29, 0.717) is 46.5 Å². The summed E-state index contributed by atoms with van der Waals surface area (Å²) in [7, 11) is 0. The van der Waals surface area contributed by atoms with E-state index in [1.54, 1.807) is 38.1 Å². The lowest BCUT2D eigenvalue weighted by molar-refractivity contribution is 0.103. The van der Waals surface area contributed by atoms with Crippen molar-refractivity contribution in [2.24, 2.45) is 0 Å². The van der Waals surface area contributed by atoms with Crippen LogP contribution in [0.2, 0.25) is 0 Å². The number of fused-ring (bicyclic) bond motifs is 1. The smallest absolute Gasteiger partial charge is 0.207 e. The van der Waals surface area contributed by atoms with Crippen LogP contribution in [0.15, 0.2) is 48.5 Å². The Morgan fingerprint density at radius 2 is 1.77 bits per heavy atom. The molecule has 1 aliphatic heterocycles. The average Bonchev–Trinajstić information content (AvgIpc) is 3.50. The Kier molecular flexibility index (Phi) is 7.81. The fraction of sp³-hybridized carbons (Fsp3) is 0.300. The second-order valence-corrected chi connectivity index (χ2v) is 10.7. The number of phenolic OH excluding ortho intramolecular Hbond substituents is 1. The minimum Gasteiger partial charge on any atom is -0.505 e. The first kappa shape index (κ1) is 27.0. The molecule has 0 spiro atoms. The van der Waals surface area contributed by atoms with Crippen molar-refractivity contribution >= 4 is 27.2 Å². The number of hydrogen-bond donors (Lipinski definition) is 1. The summed E-state index contributed by atoms with van der Waals surface area (Å²) in [5.41, 5.74) is 1.24. The molecular weight excluding hydrogens is 527 g/mol. The highest BCUT2D eigenvalue weighted by atomic mass is 32.1. The molecular formula is C30H28F3NO4S. The van der Waals surface area contributed by atoms with Crippen molar-refractivity contribution in [1.82, 2.24) is 4.90 Å². The van der Waals surface area contributed by atoms with Crippen LogP contribution in [0.3, 0.4) is 0 Å². The van der Waals surface area contributed by atoms with Gasteiger partial charge >= 0.3 is 0 Å². The van der Waals surface area contributed by atoms with E-state index in [1.165, 1.54) is 24.3 Å². The third-order valence-electron chi connectivity index (χ3n) is 6.85. The summed E-state index contributed by atoms with van der Waals surface area (Å²) >= 11 is 0.883. The van der Waals surface area contributed by atoms with Gasteiger partial charge in [0.2, 0.25) is 5.78 Å². The van der Waals surface area contributed by atoms with E-state index in [1.807, 2.05) is 0 Å². The van der Waals surface area contributed by atoms with Crippen LogP contribution in [0.4, 0.5) is 13.2 Å². The zero-order valence-electron chi connectivity index (χ0n) is 21.6. The highest BCUT2D eigenvalue weighted by molar-refractivity contribution is 7.21. The highest BCUT2D eigenvalue weighted by Crippen LogP contribution is 2.45. The van der Waals surface area contributed by atoms with E-state index in [2.05, 4.69) is 4.90 Å². The minimum absolute atomic E-state index is 0.0132. The highest BCUT2D eigenvalue weighted by Gasteiger charge is 2.27. The first-order valence-electron chi connectivity index (χ1n) is 12.7. The first-order chi connectivity index (χ1) is 18.7. The Hall–Kier alpha value is -3.56. The van der Waals surface area contributed by atoms with Crippen LogP contribution in [-0.4, -0.2) is 48.2 Å². The van der Waals surface area contributed by atoms with Gasteiger partial charge in [-0.3, -0.25) is 14.1 Å². The fourth-order valence-corrected chi connectivity index (χ4v) is 6.11. The Balaban J connectivity index is 1.43. The van der Waals surface area contributed by atoms with E-state index in [9.17, 15) is 23.1 Å². The number of aromatic hydroxyl groups is 1. The molecule has 0 bridgehead atoms. The molecule has 1 fully saturated rings. The zero-order valence-corrected chi connectivity index (χ0v) is 22.4. The van der Waals surface area contributed by atoms with Gasteiger partial charge in [0, 0.05) is 30.6 Å². The molecule has 1 saturated heterocycles. The molecule has 0 unspecified atom stereocenters. The van der Waals surface area contributed by atoms with Gasteiger partial charge < -0.3 is 14.6 Å². The van der Waals surface area contributed by atoms with Crippen LogP contribution in [-0.2, 0) is 0 Å². The Labute approximate surface area is 228 Å². The molecule has 1 aromatic heterocycles. The topological polar surface area (TPSA) is 59.0 Å². The number of aryl methyl sites for hydroxylation is 2. The summed E-state index contributed by atoms with van der Waals surface area (Å²) in [6.07, 6.45) is 1.39. The Bertz CT molecular complexity index is 1500. The van der Waals surface area contributed by atoms with Gasteiger partial charge in [0.05, 0.1) is 11.4 Å². The lowest BCUT2D eigenvalue weighted by Crippen LogP contribution is -2.26. The summed E-state index contributed by atoms with van der Waals surface area (Å²) in [5, 5.41) is 10.3. The second-order valence-electron chi connectivity index (χ2n) is 9.72. The predicted molar refractivity (Wildman–Crippen MR) is 145 cm³/mol. The lowest BCUT2D eigenvalue weighted by atomic mass is 9.97. The number of ketones is 1. The number of likely N-dealkylation sites (tertiary alicyclic amines) is 1. The molecule has 0 amide bonds. The number of carbonyl (C=O) groups excluding carboxylic acids is 1. The van der Waals surface area contributed by atoms with Gasteiger partial charge in [-0.15, -0.1) is 11.3 Å². The van der Waals surface area contributed by atoms with E-state index < -0.39 is 23.2 Å². The van der Waals surface area contributed by atoms with Crippen LogP contribution < -0.4 is 9.47 Å². The summed E-state index contributed by atoms with van der Waals surface area (Å²) in [6, 6.07) is 12.2. The SMILES string of the molecule is Cc1cc(F)cc(C)c1C(=O)c1sc2c(F)c(O)ccc2c1Oc1ccc(O[C@@H]2CCN(CCCF)C2)cc1. The van der Waals surface area contributed by atoms with Gasteiger partial charge in [-0.2, -0.15) is 0 Å². The predicted octanol–water partition coefficient (Wildman–Crippen LogP) is 7.34. The maximum atomic E-state index is 14.9. The van der Waals surface area contributed by atoms with Crippen molar-refractivity contribution in [3.05, 3.63) is 81.7 Å². The average molecular weight is 556 g/mol. The fourth-order valence-electron chi connectivity index (χ4n) is 5.00. The van der Waals surface area contributed by atoms with Gasteiger partial charge in [0.1, 0.15) is 28.3 Å². The first-order valence-corrected chi connectivity index (χ1v) is 13.5. The molecule has 0 saturated carbocycles. The van der Waals surface area contributed by atoms with Crippen molar-refractivity contribution < 1.29 is 32.5 Å².